The molecule has 2 aromatic carbocycles. The highest BCUT2D eigenvalue weighted by Gasteiger charge is 2.39. The minimum atomic E-state index is -0.908. The second kappa shape index (κ2) is 3.97. The van der Waals surface area contributed by atoms with Crippen molar-refractivity contribution in [3.05, 3.63) is 71.0 Å². The van der Waals surface area contributed by atoms with Crippen molar-refractivity contribution in [2.75, 3.05) is 0 Å². The summed E-state index contributed by atoms with van der Waals surface area (Å²) >= 11 is 0. The molecule has 0 amide bonds. The summed E-state index contributed by atoms with van der Waals surface area (Å²) in [7, 11) is 0. The van der Waals surface area contributed by atoms with Crippen LogP contribution >= 0.6 is 0 Å². The number of aliphatic hydroxyl groups is 1. The van der Waals surface area contributed by atoms with Gasteiger partial charge in [-0.3, -0.25) is 0 Å². The van der Waals surface area contributed by atoms with Gasteiger partial charge in [-0.2, -0.15) is 0 Å². The van der Waals surface area contributed by atoms with Gasteiger partial charge in [0.25, 0.3) is 0 Å². The third kappa shape index (κ3) is 1.61. The molecule has 1 aliphatic carbocycles. The van der Waals surface area contributed by atoms with Gasteiger partial charge >= 0.3 is 0 Å². The molecule has 0 fully saturated rings. The molecule has 0 radical (unpaired) electrons. The molecule has 2 heteroatoms. The van der Waals surface area contributed by atoms with Gasteiger partial charge < -0.3 is 9.52 Å². The molecular formula is C18H16O2. The molecule has 2 nitrogen and oxygen atoms in total. The molecular weight excluding hydrogens is 248 g/mol. The van der Waals surface area contributed by atoms with E-state index in [9.17, 15) is 5.11 Å². The summed E-state index contributed by atoms with van der Waals surface area (Å²) in [6, 6.07) is 16.3. The lowest BCUT2D eigenvalue weighted by atomic mass is 9.97. The maximum atomic E-state index is 11.0. The second-order valence-electron chi connectivity index (χ2n) is 5.76. The smallest absolute Gasteiger partial charge is 0.137 e. The van der Waals surface area contributed by atoms with Crippen LogP contribution in [0.1, 0.15) is 22.5 Å². The minimum absolute atomic E-state index is 0.627. The van der Waals surface area contributed by atoms with Gasteiger partial charge in [0.2, 0.25) is 0 Å². The van der Waals surface area contributed by atoms with Gasteiger partial charge in [-0.25, -0.2) is 0 Å². The standard InChI is InChI=1S/C18H16O2/c1-12-5-4-8-13-9-16(20-17(12)13)18(19)10-14-6-2-3-7-15(14)11-18/h2-9,19H,10-11H2,1H3. The van der Waals surface area contributed by atoms with Gasteiger partial charge in [0, 0.05) is 18.2 Å². The molecule has 20 heavy (non-hydrogen) atoms. The summed E-state index contributed by atoms with van der Waals surface area (Å²) < 4.78 is 5.97. The average molecular weight is 264 g/mol. The van der Waals surface area contributed by atoms with Crippen LogP contribution in [0.2, 0.25) is 0 Å². The fraction of sp³-hybridized carbons (Fsp3) is 0.222. The van der Waals surface area contributed by atoms with E-state index in [-0.39, 0.29) is 0 Å². The van der Waals surface area contributed by atoms with Crippen LogP contribution in [0.5, 0.6) is 0 Å². The summed E-state index contributed by atoms with van der Waals surface area (Å²) in [5.74, 6) is 0.679. The Bertz CT molecular complexity index is 773. The predicted molar refractivity (Wildman–Crippen MR) is 78.7 cm³/mol. The highest BCUT2D eigenvalue weighted by molar-refractivity contribution is 5.81. The Morgan fingerprint density at radius 1 is 1.00 bits per heavy atom. The van der Waals surface area contributed by atoms with Crippen LogP contribution in [-0.4, -0.2) is 5.11 Å². The van der Waals surface area contributed by atoms with Crippen molar-refractivity contribution in [1.82, 2.24) is 0 Å². The van der Waals surface area contributed by atoms with Crippen molar-refractivity contribution in [1.29, 1.82) is 0 Å². The zero-order chi connectivity index (χ0) is 13.7. The molecule has 0 bridgehead atoms. The molecule has 0 aliphatic heterocycles. The van der Waals surface area contributed by atoms with E-state index in [1.54, 1.807) is 0 Å². The largest absolute Gasteiger partial charge is 0.458 e. The quantitative estimate of drug-likeness (QED) is 0.726. The number of rotatable bonds is 1. The van der Waals surface area contributed by atoms with Crippen LogP contribution in [-0.2, 0) is 18.4 Å². The number of hydrogen-bond donors (Lipinski definition) is 1. The molecule has 4 rings (SSSR count). The maximum absolute atomic E-state index is 11.0. The number of furan rings is 1. The molecule has 1 heterocycles. The Labute approximate surface area is 117 Å². The fourth-order valence-corrected chi connectivity index (χ4v) is 3.21. The van der Waals surface area contributed by atoms with Crippen molar-refractivity contribution >= 4 is 11.0 Å². The molecule has 3 aromatic rings. The first kappa shape index (κ1) is 11.7. The lowest BCUT2D eigenvalue weighted by Crippen LogP contribution is -2.25. The van der Waals surface area contributed by atoms with Gasteiger partial charge in [-0.1, -0.05) is 42.5 Å². The van der Waals surface area contributed by atoms with Crippen molar-refractivity contribution in [3.63, 3.8) is 0 Å². The molecule has 0 saturated heterocycles. The molecule has 0 atom stereocenters. The predicted octanol–water partition coefficient (Wildman–Crippen LogP) is 3.73. The van der Waals surface area contributed by atoms with E-state index < -0.39 is 5.60 Å². The van der Waals surface area contributed by atoms with Crippen molar-refractivity contribution in [3.8, 4) is 0 Å². The Hall–Kier alpha value is -2.06. The molecule has 100 valence electrons. The normalized spacial score (nSPS) is 16.5. The lowest BCUT2D eigenvalue weighted by Gasteiger charge is -2.18. The van der Waals surface area contributed by atoms with Gasteiger partial charge in [-0.05, 0) is 29.7 Å². The number of hydrogen-bond acceptors (Lipinski definition) is 2. The van der Waals surface area contributed by atoms with E-state index in [4.69, 9.17) is 4.42 Å². The molecule has 1 aliphatic rings. The Morgan fingerprint density at radius 3 is 2.35 bits per heavy atom. The van der Waals surface area contributed by atoms with Crippen molar-refractivity contribution in [2.45, 2.75) is 25.4 Å². The van der Waals surface area contributed by atoms with Crippen LogP contribution in [0.3, 0.4) is 0 Å². The zero-order valence-corrected chi connectivity index (χ0v) is 11.4. The summed E-state index contributed by atoms with van der Waals surface area (Å²) in [5, 5.41) is 12.0. The molecule has 0 spiro atoms. The maximum Gasteiger partial charge on any atom is 0.137 e. The van der Waals surface area contributed by atoms with Crippen molar-refractivity contribution < 1.29 is 9.52 Å². The average Bonchev–Trinajstić information content (AvgIpc) is 3.00. The van der Waals surface area contributed by atoms with E-state index in [1.807, 2.05) is 43.3 Å². The minimum Gasteiger partial charge on any atom is -0.458 e. The lowest BCUT2D eigenvalue weighted by molar-refractivity contribution is 0.0270. The van der Waals surface area contributed by atoms with E-state index in [1.165, 1.54) is 11.1 Å². The van der Waals surface area contributed by atoms with Crippen LogP contribution in [0.25, 0.3) is 11.0 Å². The van der Waals surface area contributed by atoms with Crippen LogP contribution in [0.15, 0.2) is 52.9 Å². The summed E-state index contributed by atoms with van der Waals surface area (Å²) in [4.78, 5) is 0. The van der Waals surface area contributed by atoms with Crippen LogP contribution < -0.4 is 0 Å². The van der Waals surface area contributed by atoms with Crippen LogP contribution in [0, 0.1) is 6.92 Å². The number of benzene rings is 2. The number of fused-ring (bicyclic) bond motifs is 2. The van der Waals surface area contributed by atoms with E-state index >= 15 is 0 Å². The summed E-state index contributed by atoms with van der Waals surface area (Å²) in [6.07, 6.45) is 1.25. The third-order valence-electron chi connectivity index (χ3n) is 4.28. The first-order chi connectivity index (χ1) is 9.66. The first-order valence-electron chi connectivity index (χ1n) is 6.94. The second-order valence-corrected chi connectivity index (χ2v) is 5.76. The van der Waals surface area contributed by atoms with Gasteiger partial charge in [-0.15, -0.1) is 0 Å². The van der Waals surface area contributed by atoms with Crippen molar-refractivity contribution in [2.24, 2.45) is 0 Å². The topological polar surface area (TPSA) is 33.4 Å². The SMILES string of the molecule is Cc1cccc2cc(C3(O)Cc4ccccc4C3)oc12. The number of para-hydroxylation sites is 1. The fourth-order valence-electron chi connectivity index (χ4n) is 3.21. The van der Waals surface area contributed by atoms with Gasteiger partial charge in [0.1, 0.15) is 16.9 Å². The Kier molecular flexibility index (Phi) is 2.33. The van der Waals surface area contributed by atoms with Gasteiger partial charge in [0.15, 0.2) is 0 Å². The first-order valence-corrected chi connectivity index (χ1v) is 6.94. The van der Waals surface area contributed by atoms with E-state index in [0.717, 1.165) is 16.5 Å². The Morgan fingerprint density at radius 2 is 1.70 bits per heavy atom. The summed E-state index contributed by atoms with van der Waals surface area (Å²) in [5.41, 5.74) is 3.51. The highest BCUT2D eigenvalue weighted by atomic mass is 16.4. The third-order valence-corrected chi connectivity index (χ3v) is 4.28. The summed E-state index contributed by atoms with van der Waals surface area (Å²) in [6.45, 7) is 2.03. The molecule has 0 saturated carbocycles. The Balaban J connectivity index is 1.82. The number of aryl methyl sites for hydroxylation is 1. The molecule has 1 N–H and O–H groups in total. The van der Waals surface area contributed by atoms with E-state index in [2.05, 4.69) is 12.1 Å². The monoisotopic (exact) mass is 264 g/mol. The van der Waals surface area contributed by atoms with Gasteiger partial charge in [0.05, 0.1) is 0 Å². The van der Waals surface area contributed by atoms with E-state index in [0.29, 0.717) is 18.6 Å². The van der Waals surface area contributed by atoms with Crippen LogP contribution in [0.4, 0.5) is 0 Å². The molecule has 1 aromatic heterocycles. The highest BCUT2D eigenvalue weighted by Crippen LogP contribution is 2.40. The zero-order valence-electron chi connectivity index (χ0n) is 11.4. The molecule has 0 unspecified atom stereocenters.